The van der Waals surface area contributed by atoms with Crippen molar-refractivity contribution in [1.29, 1.82) is 0 Å². The predicted octanol–water partition coefficient (Wildman–Crippen LogP) is 0.211. The average Bonchev–Trinajstić information content (AvgIpc) is 2.68. The summed E-state index contributed by atoms with van der Waals surface area (Å²) >= 11 is 0. The smallest absolute Gasteiger partial charge is 0.326 e. The van der Waals surface area contributed by atoms with Crippen molar-refractivity contribution in [3.05, 3.63) is 0 Å². The third kappa shape index (κ3) is 3.81. The summed E-state index contributed by atoms with van der Waals surface area (Å²) in [5.41, 5.74) is 0. The normalized spacial score (nSPS) is 22.1. The van der Waals surface area contributed by atoms with E-state index in [0.717, 1.165) is 13.0 Å². The maximum Gasteiger partial charge on any atom is 0.326 e. The molecule has 0 aromatic carbocycles. The first kappa shape index (κ1) is 13.0. The fourth-order valence-electron chi connectivity index (χ4n) is 1.86. The maximum absolute atomic E-state index is 11.7. The van der Waals surface area contributed by atoms with E-state index in [1.165, 1.54) is 0 Å². The number of carboxylic acid groups (broad SMARTS) is 1. The molecule has 2 atom stereocenters. The first-order valence-corrected chi connectivity index (χ1v) is 5.74. The van der Waals surface area contributed by atoms with Gasteiger partial charge < -0.3 is 15.7 Å². The molecule has 1 aliphatic heterocycles. The molecular formula is C11H20N2O3. The SMILES string of the molecule is CC(C)CC(NC(=O)C1CCNC1)C(=O)O. The Morgan fingerprint density at radius 1 is 1.50 bits per heavy atom. The van der Waals surface area contributed by atoms with Crippen LogP contribution in [0.5, 0.6) is 0 Å². The molecule has 92 valence electrons. The van der Waals surface area contributed by atoms with Crippen molar-refractivity contribution in [3.63, 3.8) is 0 Å². The Labute approximate surface area is 95.6 Å². The number of carboxylic acids is 1. The summed E-state index contributed by atoms with van der Waals surface area (Å²) in [6, 6.07) is -0.756. The van der Waals surface area contributed by atoms with E-state index in [1.54, 1.807) is 0 Å². The Morgan fingerprint density at radius 2 is 2.19 bits per heavy atom. The molecule has 1 rings (SSSR count). The molecule has 0 aromatic rings. The molecule has 1 amide bonds. The van der Waals surface area contributed by atoms with Crippen LogP contribution in [0.2, 0.25) is 0 Å². The van der Waals surface area contributed by atoms with Crippen molar-refractivity contribution in [3.8, 4) is 0 Å². The lowest BCUT2D eigenvalue weighted by Gasteiger charge is -2.18. The van der Waals surface area contributed by atoms with Crippen molar-refractivity contribution in [2.75, 3.05) is 13.1 Å². The topological polar surface area (TPSA) is 78.4 Å². The second-order valence-electron chi connectivity index (χ2n) is 4.72. The van der Waals surface area contributed by atoms with Gasteiger partial charge in [0.15, 0.2) is 0 Å². The van der Waals surface area contributed by atoms with E-state index < -0.39 is 12.0 Å². The van der Waals surface area contributed by atoms with Gasteiger partial charge in [0.25, 0.3) is 0 Å². The predicted molar refractivity (Wildman–Crippen MR) is 60.0 cm³/mol. The number of hydrogen-bond acceptors (Lipinski definition) is 3. The molecule has 0 saturated carbocycles. The molecule has 5 nitrogen and oxygen atoms in total. The van der Waals surface area contributed by atoms with E-state index in [0.29, 0.717) is 13.0 Å². The highest BCUT2D eigenvalue weighted by atomic mass is 16.4. The van der Waals surface area contributed by atoms with Gasteiger partial charge in [-0.1, -0.05) is 13.8 Å². The van der Waals surface area contributed by atoms with Gasteiger partial charge in [-0.2, -0.15) is 0 Å². The van der Waals surface area contributed by atoms with Crippen molar-refractivity contribution in [2.24, 2.45) is 11.8 Å². The van der Waals surface area contributed by atoms with Crippen LogP contribution < -0.4 is 10.6 Å². The molecule has 16 heavy (non-hydrogen) atoms. The average molecular weight is 228 g/mol. The molecule has 1 heterocycles. The maximum atomic E-state index is 11.7. The summed E-state index contributed by atoms with van der Waals surface area (Å²) in [5.74, 6) is -0.914. The van der Waals surface area contributed by atoms with Crippen molar-refractivity contribution in [2.45, 2.75) is 32.7 Å². The molecule has 1 aliphatic rings. The Bertz CT molecular complexity index is 260. The van der Waals surface area contributed by atoms with Crippen LogP contribution in [0.3, 0.4) is 0 Å². The molecule has 1 saturated heterocycles. The van der Waals surface area contributed by atoms with Crippen molar-refractivity contribution >= 4 is 11.9 Å². The van der Waals surface area contributed by atoms with Crippen LogP contribution in [-0.4, -0.2) is 36.1 Å². The van der Waals surface area contributed by atoms with Crippen LogP contribution in [0.4, 0.5) is 0 Å². The van der Waals surface area contributed by atoms with Gasteiger partial charge in [-0.25, -0.2) is 4.79 Å². The van der Waals surface area contributed by atoms with Crippen LogP contribution in [0, 0.1) is 11.8 Å². The summed E-state index contributed by atoms with van der Waals surface area (Å²) in [6.07, 6.45) is 1.26. The fourth-order valence-corrected chi connectivity index (χ4v) is 1.86. The number of hydrogen-bond donors (Lipinski definition) is 3. The van der Waals surface area contributed by atoms with E-state index >= 15 is 0 Å². The molecule has 0 radical (unpaired) electrons. The van der Waals surface area contributed by atoms with Gasteiger partial charge in [-0.05, 0) is 25.3 Å². The van der Waals surface area contributed by atoms with E-state index in [2.05, 4.69) is 10.6 Å². The number of nitrogens with one attached hydrogen (secondary N) is 2. The number of aliphatic carboxylic acids is 1. The van der Waals surface area contributed by atoms with Crippen LogP contribution in [0.25, 0.3) is 0 Å². The number of carbonyl (C=O) groups is 2. The van der Waals surface area contributed by atoms with Gasteiger partial charge in [0.2, 0.25) is 5.91 Å². The highest BCUT2D eigenvalue weighted by molar-refractivity contribution is 5.85. The third-order valence-corrected chi connectivity index (χ3v) is 2.75. The molecule has 0 spiro atoms. The lowest BCUT2D eigenvalue weighted by atomic mass is 10.0. The van der Waals surface area contributed by atoms with Gasteiger partial charge in [0.05, 0.1) is 5.92 Å². The number of rotatable bonds is 5. The highest BCUT2D eigenvalue weighted by Gasteiger charge is 2.27. The van der Waals surface area contributed by atoms with E-state index in [1.807, 2.05) is 13.8 Å². The second-order valence-corrected chi connectivity index (χ2v) is 4.72. The van der Waals surface area contributed by atoms with E-state index in [9.17, 15) is 9.59 Å². The monoisotopic (exact) mass is 228 g/mol. The zero-order chi connectivity index (χ0) is 12.1. The van der Waals surface area contributed by atoms with E-state index in [-0.39, 0.29) is 17.7 Å². The summed E-state index contributed by atoms with van der Waals surface area (Å²) in [7, 11) is 0. The summed E-state index contributed by atoms with van der Waals surface area (Å²) in [4.78, 5) is 22.7. The quantitative estimate of drug-likeness (QED) is 0.628. The molecule has 0 aromatic heterocycles. The lowest BCUT2D eigenvalue weighted by molar-refractivity contribution is -0.142. The van der Waals surface area contributed by atoms with Gasteiger partial charge in [0.1, 0.15) is 6.04 Å². The number of amides is 1. The Hall–Kier alpha value is -1.10. The summed E-state index contributed by atoms with van der Waals surface area (Å²) < 4.78 is 0. The van der Waals surface area contributed by atoms with Crippen LogP contribution in [-0.2, 0) is 9.59 Å². The molecule has 2 unspecified atom stereocenters. The van der Waals surface area contributed by atoms with Gasteiger partial charge in [0, 0.05) is 6.54 Å². The lowest BCUT2D eigenvalue weighted by Crippen LogP contribution is -2.44. The van der Waals surface area contributed by atoms with Crippen LogP contribution in [0.15, 0.2) is 0 Å². The second kappa shape index (κ2) is 5.84. The zero-order valence-electron chi connectivity index (χ0n) is 9.82. The van der Waals surface area contributed by atoms with Crippen molar-refractivity contribution < 1.29 is 14.7 Å². The highest BCUT2D eigenvalue weighted by Crippen LogP contribution is 2.10. The first-order valence-electron chi connectivity index (χ1n) is 5.74. The molecule has 5 heteroatoms. The van der Waals surface area contributed by atoms with Gasteiger partial charge >= 0.3 is 5.97 Å². The summed E-state index contributed by atoms with van der Waals surface area (Å²) in [5, 5.41) is 14.7. The Kier molecular flexibility index (Phi) is 4.73. The van der Waals surface area contributed by atoms with Gasteiger partial charge in [-0.3, -0.25) is 4.79 Å². The largest absolute Gasteiger partial charge is 0.480 e. The fraction of sp³-hybridized carbons (Fsp3) is 0.818. The minimum Gasteiger partial charge on any atom is -0.480 e. The van der Waals surface area contributed by atoms with Crippen LogP contribution >= 0.6 is 0 Å². The molecule has 0 bridgehead atoms. The summed E-state index contributed by atoms with van der Waals surface area (Å²) in [6.45, 7) is 5.37. The first-order chi connectivity index (χ1) is 7.50. The van der Waals surface area contributed by atoms with Crippen LogP contribution in [0.1, 0.15) is 26.7 Å². The third-order valence-electron chi connectivity index (χ3n) is 2.75. The molecule has 0 aliphatic carbocycles. The Balaban J connectivity index is 2.47. The van der Waals surface area contributed by atoms with E-state index in [4.69, 9.17) is 5.11 Å². The molecule has 1 fully saturated rings. The Morgan fingerprint density at radius 3 is 2.62 bits per heavy atom. The minimum atomic E-state index is -0.951. The zero-order valence-corrected chi connectivity index (χ0v) is 9.82. The molecular weight excluding hydrogens is 208 g/mol. The van der Waals surface area contributed by atoms with Crippen molar-refractivity contribution in [1.82, 2.24) is 10.6 Å². The standard InChI is InChI=1S/C11H20N2O3/c1-7(2)5-9(11(15)16)13-10(14)8-3-4-12-6-8/h7-9,12H,3-6H2,1-2H3,(H,13,14)(H,15,16). The van der Waals surface area contributed by atoms with Gasteiger partial charge in [-0.15, -0.1) is 0 Å². The number of carbonyl (C=O) groups excluding carboxylic acids is 1. The minimum absolute atomic E-state index is 0.0750. The molecule has 3 N–H and O–H groups in total.